The van der Waals surface area contributed by atoms with E-state index < -0.39 is 0 Å². The number of halogens is 1. The first kappa shape index (κ1) is 10.3. The molecule has 0 saturated carbocycles. The molecule has 0 saturated heterocycles. The van der Waals surface area contributed by atoms with Crippen molar-refractivity contribution in [2.24, 2.45) is 10.7 Å². The summed E-state index contributed by atoms with van der Waals surface area (Å²) in [6.07, 6.45) is 1.55. The lowest BCUT2D eigenvalue weighted by Crippen LogP contribution is -2.05. The van der Waals surface area contributed by atoms with Gasteiger partial charge >= 0.3 is 0 Å². The molecule has 0 amide bonds. The molecule has 0 fully saturated rings. The Morgan fingerprint density at radius 1 is 1.69 bits per heavy atom. The number of nitrogens with zero attached hydrogens (tertiary/aromatic N) is 2. The van der Waals surface area contributed by atoms with Gasteiger partial charge in [0.15, 0.2) is 11.0 Å². The highest BCUT2D eigenvalue weighted by Gasteiger charge is 1.94. The van der Waals surface area contributed by atoms with E-state index in [4.69, 9.17) is 17.3 Å². The van der Waals surface area contributed by atoms with Gasteiger partial charge in [-0.3, -0.25) is 0 Å². The molecule has 0 aliphatic carbocycles. The van der Waals surface area contributed by atoms with Crippen LogP contribution >= 0.6 is 23.4 Å². The third kappa shape index (κ3) is 3.65. The van der Waals surface area contributed by atoms with Gasteiger partial charge in [-0.15, -0.1) is 0 Å². The van der Waals surface area contributed by atoms with Crippen molar-refractivity contribution in [2.75, 3.05) is 5.75 Å². The van der Waals surface area contributed by atoms with Crippen molar-refractivity contribution < 1.29 is 0 Å². The predicted octanol–water partition coefficient (Wildman–Crippen LogP) is 2.43. The summed E-state index contributed by atoms with van der Waals surface area (Å²) in [7, 11) is 0. The van der Waals surface area contributed by atoms with Gasteiger partial charge in [0.1, 0.15) is 0 Å². The fourth-order valence-corrected chi connectivity index (χ4v) is 1.29. The normalized spacial score (nSPS) is 11.7. The van der Waals surface area contributed by atoms with Gasteiger partial charge in [0.2, 0.25) is 0 Å². The van der Waals surface area contributed by atoms with Gasteiger partial charge < -0.3 is 5.73 Å². The Balaban J connectivity index is 2.73. The van der Waals surface area contributed by atoms with Crippen LogP contribution in [0.5, 0.6) is 0 Å². The fourth-order valence-electron chi connectivity index (χ4n) is 0.727. The van der Waals surface area contributed by atoms with Crippen LogP contribution in [-0.4, -0.2) is 15.9 Å². The minimum absolute atomic E-state index is 0.525. The maximum absolute atomic E-state index is 5.66. The third-order valence-corrected chi connectivity index (χ3v) is 2.13. The number of rotatable bonds is 2. The molecule has 0 aromatic carbocycles. The van der Waals surface area contributed by atoms with E-state index in [1.54, 1.807) is 18.3 Å². The molecular weight excluding hydrogens is 206 g/mol. The molecule has 0 unspecified atom stereocenters. The summed E-state index contributed by atoms with van der Waals surface area (Å²) in [5.41, 5.74) is 5.59. The molecule has 1 rings (SSSR count). The summed E-state index contributed by atoms with van der Waals surface area (Å²) in [5.74, 6) is 1.49. The molecule has 0 radical (unpaired) electrons. The number of pyridine rings is 1. The summed E-state index contributed by atoms with van der Waals surface area (Å²) in [4.78, 5) is 8.07. The Morgan fingerprint density at radius 3 is 3.00 bits per heavy atom. The largest absolute Gasteiger partial charge is 0.378 e. The van der Waals surface area contributed by atoms with Crippen molar-refractivity contribution in [2.45, 2.75) is 6.92 Å². The number of aromatic nitrogens is 1. The maximum atomic E-state index is 5.66. The van der Waals surface area contributed by atoms with Crippen LogP contribution in [-0.2, 0) is 0 Å². The second-order valence-corrected chi connectivity index (χ2v) is 3.94. The monoisotopic (exact) mass is 215 g/mol. The quantitative estimate of drug-likeness (QED) is 0.609. The number of nitrogens with two attached hydrogens (primary N) is 1. The molecule has 0 spiro atoms. The van der Waals surface area contributed by atoms with E-state index in [0.29, 0.717) is 16.0 Å². The Labute approximate surface area is 86.4 Å². The van der Waals surface area contributed by atoms with Gasteiger partial charge in [-0.2, -0.15) is 0 Å². The Bertz CT molecular complexity index is 297. The lowest BCUT2D eigenvalue weighted by molar-refractivity contribution is 1.27. The second kappa shape index (κ2) is 5.09. The molecule has 5 heteroatoms. The molecule has 1 aromatic rings. The summed E-state index contributed by atoms with van der Waals surface area (Å²) < 4.78 is 0. The van der Waals surface area contributed by atoms with E-state index >= 15 is 0 Å². The van der Waals surface area contributed by atoms with Crippen LogP contribution in [0.3, 0.4) is 0 Å². The minimum atomic E-state index is 0.525. The molecule has 2 N–H and O–H groups in total. The smallest absolute Gasteiger partial charge is 0.160 e. The number of amidine groups is 1. The number of hydrogen-bond donors (Lipinski definition) is 1. The molecule has 3 nitrogen and oxygen atoms in total. The van der Waals surface area contributed by atoms with Crippen molar-refractivity contribution in [1.29, 1.82) is 0 Å². The lowest BCUT2D eigenvalue weighted by Gasteiger charge is -1.96. The number of thioether (sulfide) groups is 1. The van der Waals surface area contributed by atoms with Gasteiger partial charge in [0.05, 0.1) is 5.02 Å². The van der Waals surface area contributed by atoms with Crippen LogP contribution in [0.15, 0.2) is 23.3 Å². The standard InChI is InChI=1S/C8H10ClN3S/c1-2-13-8(10)12-7-4-3-6(9)5-11-7/h3-5H,2H2,1H3,(H2,10,11,12). The Kier molecular flexibility index (Phi) is 4.05. The maximum Gasteiger partial charge on any atom is 0.160 e. The van der Waals surface area contributed by atoms with Crippen LogP contribution in [0.25, 0.3) is 0 Å². The van der Waals surface area contributed by atoms with Gasteiger partial charge in [-0.05, 0) is 17.9 Å². The van der Waals surface area contributed by atoms with Crippen molar-refractivity contribution in [1.82, 2.24) is 4.98 Å². The zero-order valence-corrected chi connectivity index (χ0v) is 8.77. The zero-order valence-electron chi connectivity index (χ0n) is 7.20. The molecule has 0 bridgehead atoms. The van der Waals surface area contributed by atoms with Crippen LogP contribution in [0.1, 0.15) is 6.92 Å². The van der Waals surface area contributed by atoms with E-state index in [1.165, 1.54) is 11.8 Å². The van der Waals surface area contributed by atoms with E-state index in [1.807, 2.05) is 6.92 Å². The summed E-state index contributed by atoms with van der Waals surface area (Å²) >= 11 is 7.15. The fraction of sp³-hybridized carbons (Fsp3) is 0.250. The van der Waals surface area contributed by atoms with Crippen LogP contribution in [0.2, 0.25) is 5.02 Å². The van der Waals surface area contributed by atoms with Gasteiger partial charge in [-0.25, -0.2) is 9.98 Å². The first-order valence-electron chi connectivity index (χ1n) is 3.81. The lowest BCUT2D eigenvalue weighted by atomic mass is 10.5. The van der Waals surface area contributed by atoms with Crippen LogP contribution in [0.4, 0.5) is 5.82 Å². The highest BCUT2D eigenvalue weighted by atomic mass is 35.5. The Hall–Kier alpha value is -0.740. The van der Waals surface area contributed by atoms with E-state index in [0.717, 1.165) is 5.75 Å². The zero-order chi connectivity index (χ0) is 9.68. The molecule has 0 aliphatic heterocycles. The first-order valence-corrected chi connectivity index (χ1v) is 5.17. The highest BCUT2D eigenvalue weighted by molar-refractivity contribution is 8.13. The molecule has 1 aromatic heterocycles. The van der Waals surface area contributed by atoms with E-state index in [-0.39, 0.29) is 0 Å². The van der Waals surface area contributed by atoms with Gasteiger partial charge in [0.25, 0.3) is 0 Å². The summed E-state index contributed by atoms with van der Waals surface area (Å²) in [6, 6.07) is 3.46. The van der Waals surface area contributed by atoms with Crippen molar-refractivity contribution in [3.63, 3.8) is 0 Å². The molecule has 1 heterocycles. The number of hydrogen-bond acceptors (Lipinski definition) is 3. The van der Waals surface area contributed by atoms with E-state index in [2.05, 4.69) is 9.98 Å². The minimum Gasteiger partial charge on any atom is -0.378 e. The van der Waals surface area contributed by atoms with Crippen molar-refractivity contribution >= 4 is 34.3 Å². The third-order valence-electron chi connectivity index (χ3n) is 1.23. The second-order valence-electron chi connectivity index (χ2n) is 2.22. The average molecular weight is 216 g/mol. The number of aliphatic imine (C=N–C) groups is 1. The van der Waals surface area contributed by atoms with E-state index in [9.17, 15) is 0 Å². The SMILES string of the molecule is CCSC(N)=Nc1ccc(Cl)cn1. The van der Waals surface area contributed by atoms with Crippen LogP contribution in [0, 0.1) is 0 Å². The molecular formula is C8H10ClN3S. The molecule has 70 valence electrons. The van der Waals surface area contributed by atoms with Crippen molar-refractivity contribution in [3.8, 4) is 0 Å². The Morgan fingerprint density at radius 2 is 2.46 bits per heavy atom. The average Bonchev–Trinajstić information content (AvgIpc) is 2.09. The molecule has 13 heavy (non-hydrogen) atoms. The predicted molar refractivity (Wildman–Crippen MR) is 58.7 cm³/mol. The molecule has 0 aliphatic rings. The van der Waals surface area contributed by atoms with Crippen LogP contribution < -0.4 is 5.73 Å². The molecule has 0 atom stereocenters. The van der Waals surface area contributed by atoms with Gasteiger partial charge in [0, 0.05) is 6.20 Å². The topological polar surface area (TPSA) is 51.3 Å². The van der Waals surface area contributed by atoms with Crippen molar-refractivity contribution in [3.05, 3.63) is 23.4 Å². The summed E-state index contributed by atoms with van der Waals surface area (Å²) in [6.45, 7) is 2.02. The van der Waals surface area contributed by atoms with Gasteiger partial charge in [-0.1, -0.05) is 30.3 Å². The first-order chi connectivity index (χ1) is 6.22. The summed E-state index contributed by atoms with van der Waals surface area (Å²) in [5, 5.41) is 1.12. The highest BCUT2D eigenvalue weighted by Crippen LogP contribution is 2.13.